The summed E-state index contributed by atoms with van der Waals surface area (Å²) in [6.07, 6.45) is 0. The Kier molecular flexibility index (Phi) is 2.42. The molecular formula is C13H17N3. The summed E-state index contributed by atoms with van der Waals surface area (Å²) in [7, 11) is 0. The summed E-state index contributed by atoms with van der Waals surface area (Å²) in [5, 5.41) is 8.33. The molecule has 16 heavy (non-hydrogen) atoms. The number of aromatic amines is 1. The fraction of sp³-hybridized carbons (Fsp3) is 0.385. The second kappa shape index (κ2) is 3.92. The molecule has 84 valence electrons. The number of aromatic nitrogens is 1. The van der Waals surface area contributed by atoms with Gasteiger partial charge in [0.25, 0.3) is 0 Å². The quantitative estimate of drug-likeness (QED) is 0.678. The minimum Gasteiger partial charge on any atom is -0.357 e. The van der Waals surface area contributed by atoms with Crippen molar-refractivity contribution in [2.45, 2.75) is 19.0 Å². The first-order valence-electron chi connectivity index (χ1n) is 5.89. The van der Waals surface area contributed by atoms with Gasteiger partial charge in [-0.1, -0.05) is 18.2 Å². The lowest BCUT2D eigenvalue weighted by atomic mass is 10.0. The number of fused-ring (bicyclic) bond motifs is 1. The fourth-order valence-electron chi connectivity index (χ4n) is 2.46. The van der Waals surface area contributed by atoms with Crippen molar-refractivity contribution in [1.82, 2.24) is 15.6 Å². The Bertz CT molecular complexity index is 456. The van der Waals surface area contributed by atoms with E-state index in [1.165, 1.54) is 16.6 Å². The lowest BCUT2D eigenvalue weighted by Crippen LogP contribution is -2.49. The summed E-state index contributed by atoms with van der Waals surface area (Å²) in [6.45, 7) is 4.31. The van der Waals surface area contributed by atoms with Gasteiger partial charge in [-0.3, -0.25) is 0 Å². The number of hydrogen-bond donors (Lipinski definition) is 3. The van der Waals surface area contributed by atoms with Crippen LogP contribution in [0.15, 0.2) is 30.3 Å². The molecule has 0 aliphatic carbocycles. The van der Waals surface area contributed by atoms with Crippen LogP contribution in [0.5, 0.6) is 0 Å². The fourth-order valence-corrected chi connectivity index (χ4v) is 2.46. The average Bonchev–Trinajstić information content (AvgIpc) is 2.73. The highest BCUT2D eigenvalue weighted by Gasteiger charge is 2.23. The molecule has 1 saturated heterocycles. The van der Waals surface area contributed by atoms with Crippen LogP contribution in [-0.4, -0.2) is 24.1 Å². The van der Waals surface area contributed by atoms with Gasteiger partial charge in [0, 0.05) is 30.3 Å². The number of H-pyrrole nitrogens is 1. The highest BCUT2D eigenvalue weighted by Crippen LogP contribution is 2.22. The Balaban J connectivity index is 1.98. The van der Waals surface area contributed by atoms with Crippen LogP contribution >= 0.6 is 0 Å². The predicted octanol–water partition coefficient (Wildman–Crippen LogP) is 1.79. The van der Waals surface area contributed by atoms with Gasteiger partial charge in [-0.2, -0.15) is 0 Å². The second-order valence-corrected chi connectivity index (χ2v) is 4.49. The molecule has 0 bridgehead atoms. The van der Waals surface area contributed by atoms with Crippen LogP contribution in [-0.2, 0) is 0 Å². The van der Waals surface area contributed by atoms with E-state index in [0.717, 1.165) is 13.1 Å². The van der Waals surface area contributed by atoms with Gasteiger partial charge in [0.15, 0.2) is 0 Å². The third kappa shape index (κ3) is 1.62. The molecule has 3 heteroatoms. The summed E-state index contributed by atoms with van der Waals surface area (Å²) in [5.41, 5.74) is 2.50. The van der Waals surface area contributed by atoms with E-state index in [1.54, 1.807) is 0 Å². The number of hydrogen-bond acceptors (Lipinski definition) is 2. The van der Waals surface area contributed by atoms with Crippen molar-refractivity contribution in [1.29, 1.82) is 0 Å². The standard InChI is InChI=1S/C13H17N3/c1-9-13(15-7-6-14-9)12-8-10-4-2-3-5-11(10)16-12/h2-5,8-9,13-16H,6-7H2,1H3. The van der Waals surface area contributed by atoms with Crippen LogP contribution in [0.3, 0.4) is 0 Å². The molecule has 0 spiro atoms. The zero-order valence-electron chi connectivity index (χ0n) is 9.46. The van der Waals surface area contributed by atoms with Crippen molar-refractivity contribution in [2.24, 2.45) is 0 Å². The topological polar surface area (TPSA) is 39.8 Å². The molecule has 2 aromatic rings. The minimum atomic E-state index is 0.390. The van der Waals surface area contributed by atoms with Crippen LogP contribution in [0.25, 0.3) is 10.9 Å². The molecular weight excluding hydrogens is 198 g/mol. The van der Waals surface area contributed by atoms with E-state index in [9.17, 15) is 0 Å². The second-order valence-electron chi connectivity index (χ2n) is 4.49. The molecule has 2 atom stereocenters. The Morgan fingerprint density at radius 2 is 1.94 bits per heavy atom. The summed E-state index contributed by atoms with van der Waals surface area (Å²) in [6, 6.07) is 11.5. The van der Waals surface area contributed by atoms with Gasteiger partial charge < -0.3 is 15.6 Å². The molecule has 1 aromatic carbocycles. The molecule has 0 saturated carbocycles. The van der Waals surface area contributed by atoms with Crippen molar-refractivity contribution in [2.75, 3.05) is 13.1 Å². The molecule has 2 heterocycles. The number of nitrogens with one attached hydrogen (secondary N) is 3. The normalized spacial score (nSPS) is 26.1. The van der Waals surface area contributed by atoms with Crippen molar-refractivity contribution in [3.8, 4) is 0 Å². The first-order valence-corrected chi connectivity index (χ1v) is 5.89. The zero-order valence-corrected chi connectivity index (χ0v) is 9.46. The molecule has 3 N–H and O–H groups in total. The van der Waals surface area contributed by atoms with Crippen molar-refractivity contribution in [3.05, 3.63) is 36.0 Å². The van der Waals surface area contributed by atoms with Crippen molar-refractivity contribution < 1.29 is 0 Å². The van der Waals surface area contributed by atoms with Gasteiger partial charge in [-0.25, -0.2) is 0 Å². The molecule has 2 unspecified atom stereocenters. The van der Waals surface area contributed by atoms with E-state index in [0.29, 0.717) is 12.1 Å². The maximum atomic E-state index is 3.55. The average molecular weight is 215 g/mol. The van der Waals surface area contributed by atoms with E-state index in [2.05, 4.69) is 52.9 Å². The SMILES string of the molecule is CC1NCCNC1c1cc2ccccc2[nH]1. The molecule has 0 amide bonds. The molecule has 1 fully saturated rings. The molecule has 1 aliphatic heterocycles. The van der Waals surface area contributed by atoms with Crippen molar-refractivity contribution >= 4 is 10.9 Å². The first kappa shape index (κ1) is 9.87. The Morgan fingerprint density at radius 1 is 1.12 bits per heavy atom. The molecule has 3 nitrogen and oxygen atoms in total. The van der Waals surface area contributed by atoms with Gasteiger partial charge in [-0.15, -0.1) is 0 Å². The monoisotopic (exact) mass is 215 g/mol. The van der Waals surface area contributed by atoms with E-state index in [-0.39, 0.29) is 0 Å². The molecule has 1 aliphatic rings. The maximum Gasteiger partial charge on any atom is 0.0626 e. The predicted molar refractivity (Wildman–Crippen MR) is 66.5 cm³/mol. The van der Waals surface area contributed by atoms with E-state index < -0.39 is 0 Å². The van der Waals surface area contributed by atoms with E-state index >= 15 is 0 Å². The third-order valence-electron chi connectivity index (χ3n) is 3.34. The van der Waals surface area contributed by atoms with Gasteiger partial charge in [0.1, 0.15) is 0 Å². The maximum absolute atomic E-state index is 3.55. The highest BCUT2D eigenvalue weighted by atomic mass is 15.1. The summed E-state index contributed by atoms with van der Waals surface area (Å²) < 4.78 is 0. The summed E-state index contributed by atoms with van der Waals surface area (Å²) >= 11 is 0. The van der Waals surface area contributed by atoms with Gasteiger partial charge in [-0.05, 0) is 24.4 Å². The minimum absolute atomic E-state index is 0.390. The molecule has 3 rings (SSSR count). The Labute approximate surface area is 95.2 Å². The van der Waals surface area contributed by atoms with Crippen molar-refractivity contribution in [3.63, 3.8) is 0 Å². The van der Waals surface area contributed by atoms with E-state index in [4.69, 9.17) is 0 Å². The van der Waals surface area contributed by atoms with E-state index in [1.807, 2.05) is 0 Å². The molecule has 1 aromatic heterocycles. The highest BCUT2D eigenvalue weighted by molar-refractivity contribution is 5.80. The third-order valence-corrected chi connectivity index (χ3v) is 3.34. The van der Waals surface area contributed by atoms with Gasteiger partial charge in [0.05, 0.1) is 6.04 Å². The first-order chi connectivity index (χ1) is 7.84. The Morgan fingerprint density at radius 3 is 2.75 bits per heavy atom. The number of piperazine rings is 1. The van der Waals surface area contributed by atoms with Gasteiger partial charge in [0.2, 0.25) is 0 Å². The van der Waals surface area contributed by atoms with Crippen LogP contribution in [0.1, 0.15) is 18.7 Å². The number of para-hydroxylation sites is 1. The van der Waals surface area contributed by atoms with Crippen LogP contribution in [0, 0.1) is 0 Å². The Hall–Kier alpha value is -1.32. The lowest BCUT2D eigenvalue weighted by Gasteiger charge is -2.30. The van der Waals surface area contributed by atoms with Crippen LogP contribution in [0.4, 0.5) is 0 Å². The number of rotatable bonds is 1. The van der Waals surface area contributed by atoms with Gasteiger partial charge >= 0.3 is 0 Å². The summed E-state index contributed by atoms with van der Waals surface area (Å²) in [5.74, 6) is 0. The largest absolute Gasteiger partial charge is 0.357 e. The molecule has 0 radical (unpaired) electrons. The summed E-state index contributed by atoms with van der Waals surface area (Å²) in [4.78, 5) is 3.49. The lowest BCUT2D eigenvalue weighted by molar-refractivity contribution is 0.341. The smallest absolute Gasteiger partial charge is 0.0626 e. The van der Waals surface area contributed by atoms with Crippen LogP contribution in [0.2, 0.25) is 0 Å². The number of benzene rings is 1. The van der Waals surface area contributed by atoms with Crippen LogP contribution < -0.4 is 10.6 Å². The zero-order chi connectivity index (χ0) is 11.0.